The first-order valence-corrected chi connectivity index (χ1v) is 4.94. The third-order valence-corrected chi connectivity index (χ3v) is 2.78. The second-order valence-electron chi connectivity index (χ2n) is 3.74. The number of nitrogens with one attached hydrogen (secondary N) is 1. The fourth-order valence-electron chi connectivity index (χ4n) is 1.64. The van der Waals surface area contributed by atoms with E-state index >= 15 is 0 Å². The Bertz CT molecular complexity index is 227. The Kier molecular flexibility index (Phi) is 3.95. The van der Waals surface area contributed by atoms with Crippen LogP contribution in [0.3, 0.4) is 0 Å². The minimum atomic E-state index is -0.0164. The molecule has 0 aromatic carbocycles. The van der Waals surface area contributed by atoms with Crippen LogP contribution in [0.2, 0.25) is 0 Å². The van der Waals surface area contributed by atoms with Crippen molar-refractivity contribution >= 4 is 6.21 Å². The molecule has 14 heavy (non-hydrogen) atoms. The molecule has 4 nitrogen and oxygen atoms in total. The number of hydrazone groups is 1. The summed E-state index contributed by atoms with van der Waals surface area (Å²) in [6.07, 6.45) is 5.85. The largest absolute Gasteiger partial charge is 0.377 e. The van der Waals surface area contributed by atoms with E-state index in [1.54, 1.807) is 6.20 Å². The maximum absolute atomic E-state index is 8.54. The van der Waals surface area contributed by atoms with Gasteiger partial charge in [-0.2, -0.15) is 5.10 Å². The van der Waals surface area contributed by atoms with Gasteiger partial charge in [-0.25, -0.2) is 0 Å². The molecule has 3 atom stereocenters. The first-order valence-electron chi connectivity index (χ1n) is 4.94. The van der Waals surface area contributed by atoms with Crippen molar-refractivity contribution in [2.45, 2.75) is 19.9 Å². The number of aliphatic hydroxyl groups is 1. The van der Waals surface area contributed by atoms with Gasteiger partial charge in [0.05, 0.1) is 6.04 Å². The average molecular weight is 197 g/mol. The highest BCUT2D eigenvalue weighted by molar-refractivity contribution is 5.64. The number of rotatable bonds is 4. The number of nitrogens with zero attached hydrogens (tertiary/aromatic N) is 2. The number of allylic oxidation sites excluding steroid dienone is 1. The van der Waals surface area contributed by atoms with Gasteiger partial charge >= 0.3 is 0 Å². The van der Waals surface area contributed by atoms with Gasteiger partial charge in [0.25, 0.3) is 0 Å². The first kappa shape index (κ1) is 11.0. The van der Waals surface area contributed by atoms with Crippen molar-refractivity contribution in [3.63, 3.8) is 0 Å². The van der Waals surface area contributed by atoms with Crippen LogP contribution in [0.15, 0.2) is 17.4 Å². The van der Waals surface area contributed by atoms with Crippen molar-refractivity contribution in [1.29, 1.82) is 0 Å². The SMILES string of the molecule is CC(C=CNCO)[C@H]1C=NN(C)C1C. The minimum absolute atomic E-state index is 0.0164. The summed E-state index contributed by atoms with van der Waals surface area (Å²) >= 11 is 0. The molecule has 2 unspecified atom stereocenters. The predicted molar refractivity (Wildman–Crippen MR) is 57.7 cm³/mol. The molecule has 0 radical (unpaired) electrons. The molecule has 1 rings (SSSR count). The van der Waals surface area contributed by atoms with Gasteiger partial charge in [0.15, 0.2) is 0 Å². The van der Waals surface area contributed by atoms with Crippen LogP contribution in [0.5, 0.6) is 0 Å². The Morgan fingerprint density at radius 3 is 2.93 bits per heavy atom. The molecule has 0 saturated carbocycles. The second-order valence-corrected chi connectivity index (χ2v) is 3.74. The van der Waals surface area contributed by atoms with E-state index in [0.717, 1.165) is 0 Å². The van der Waals surface area contributed by atoms with E-state index in [-0.39, 0.29) is 6.73 Å². The van der Waals surface area contributed by atoms with E-state index in [9.17, 15) is 0 Å². The molecule has 0 bridgehead atoms. The van der Waals surface area contributed by atoms with E-state index in [2.05, 4.69) is 30.3 Å². The molecule has 1 aliphatic rings. The molecule has 1 aliphatic heterocycles. The van der Waals surface area contributed by atoms with Gasteiger partial charge in [-0.15, -0.1) is 0 Å². The number of aliphatic hydroxyl groups excluding tert-OH is 1. The van der Waals surface area contributed by atoms with Crippen LogP contribution < -0.4 is 5.32 Å². The van der Waals surface area contributed by atoms with Crippen LogP contribution in [-0.2, 0) is 0 Å². The molecule has 0 aromatic heterocycles. The molecule has 0 amide bonds. The zero-order valence-electron chi connectivity index (χ0n) is 9.01. The van der Waals surface area contributed by atoms with Crippen molar-refractivity contribution in [3.05, 3.63) is 12.3 Å². The highest BCUT2D eigenvalue weighted by atomic mass is 16.3. The highest BCUT2D eigenvalue weighted by Crippen LogP contribution is 2.23. The summed E-state index contributed by atoms with van der Waals surface area (Å²) in [5.74, 6) is 0.884. The van der Waals surface area contributed by atoms with Gasteiger partial charge in [0.2, 0.25) is 0 Å². The zero-order chi connectivity index (χ0) is 10.6. The second kappa shape index (κ2) is 5.00. The summed E-state index contributed by atoms with van der Waals surface area (Å²) in [6, 6.07) is 0.448. The Labute approximate surface area is 85.3 Å². The molecule has 80 valence electrons. The monoisotopic (exact) mass is 197 g/mol. The zero-order valence-corrected chi connectivity index (χ0v) is 9.01. The quantitative estimate of drug-likeness (QED) is 0.649. The smallest absolute Gasteiger partial charge is 0.112 e. The lowest BCUT2D eigenvalue weighted by atomic mass is 9.90. The van der Waals surface area contributed by atoms with Crippen LogP contribution in [0.1, 0.15) is 13.8 Å². The number of hydrogen-bond acceptors (Lipinski definition) is 4. The van der Waals surface area contributed by atoms with Gasteiger partial charge in [-0.05, 0) is 19.0 Å². The van der Waals surface area contributed by atoms with E-state index in [1.165, 1.54) is 0 Å². The highest BCUT2D eigenvalue weighted by Gasteiger charge is 2.27. The molecule has 4 heteroatoms. The molecule has 0 aromatic rings. The van der Waals surface area contributed by atoms with Crippen molar-refractivity contribution in [2.75, 3.05) is 13.8 Å². The molecule has 0 spiro atoms. The topological polar surface area (TPSA) is 47.9 Å². The summed E-state index contributed by atoms with van der Waals surface area (Å²) in [6.45, 7) is 4.31. The van der Waals surface area contributed by atoms with Gasteiger partial charge in [0.1, 0.15) is 6.73 Å². The van der Waals surface area contributed by atoms with Crippen LogP contribution in [0, 0.1) is 11.8 Å². The van der Waals surface area contributed by atoms with Gasteiger partial charge in [-0.1, -0.05) is 13.0 Å². The average Bonchev–Trinajstić information content (AvgIpc) is 2.48. The number of hydrogen-bond donors (Lipinski definition) is 2. The molecule has 0 aliphatic carbocycles. The molecule has 2 N–H and O–H groups in total. The normalized spacial score (nSPS) is 28.7. The first-order chi connectivity index (χ1) is 6.66. The van der Waals surface area contributed by atoms with Crippen molar-refractivity contribution in [1.82, 2.24) is 10.3 Å². The summed E-state index contributed by atoms with van der Waals surface area (Å²) in [4.78, 5) is 0. The molecular weight excluding hydrogens is 178 g/mol. The van der Waals surface area contributed by atoms with Gasteiger partial charge in [0, 0.05) is 19.2 Å². The molecule has 1 heterocycles. The van der Waals surface area contributed by atoms with Crippen LogP contribution in [0.25, 0.3) is 0 Å². The lowest BCUT2D eigenvalue weighted by molar-refractivity contribution is 0.245. The fraction of sp³-hybridized carbons (Fsp3) is 0.700. The Hall–Kier alpha value is -1.03. The summed E-state index contributed by atoms with van der Waals surface area (Å²) in [5.41, 5.74) is 0. The molecule has 0 fully saturated rings. The lowest BCUT2D eigenvalue weighted by Gasteiger charge is -2.22. The summed E-state index contributed by atoms with van der Waals surface area (Å²) in [7, 11) is 1.99. The van der Waals surface area contributed by atoms with E-state index in [4.69, 9.17) is 5.11 Å². The molecular formula is C10H19N3O. The standard InChI is InChI=1S/C10H19N3O/c1-8(4-5-11-7-14)10-6-12-13(3)9(10)2/h4-6,8-11,14H,7H2,1-3H3/t8?,9?,10-/m1/s1. The Morgan fingerprint density at radius 1 is 1.71 bits per heavy atom. The summed E-state index contributed by atoms with van der Waals surface area (Å²) in [5, 5.41) is 17.5. The minimum Gasteiger partial charge on any atom is -0.377 e. The third-order valence-electron chi connectivity index (χ3n) is 2.78. The van der Waals surface area contributed by atoms with Gasteiger partial charge in [-0.3, -0.25) is 5.01 Å². The van der Waals surface area contributed by atoms with Crippen LogP contribution >= 0.6 is 0 Å². The predicted octanol–water partition coefficient (Wildman–Crippen LogP) is 0.611. The Balaban J connectivity index is 2.45. The van der Waals surface area contributed by atoms with E-state index in [1.807, 2.05) is 18.3 Å². The van der Waals surface area contributed by atoms with Crippen molar-refractivity contribution in [2.24, 2.45) is 16.9 Å². The lowest BCUT2D eigenvalue weighted by Crippen LogP contribution is -2.29. The van der Waals surface area contributed by atoms with Crippen molar-refractivity contribution in [3.8, 4) is 0 Å². The van der Waals surface area contributed by atoms with Crippen molar-refractivity contribution < 1.29 is 5.11 Å². The van der Waals surface area contributed by atoms with Crippen LogP contribution in [0.4, 0.5) is 0 Å². The third kappa shape index (κ3) is 2.48. The summed E-state index contributed by atoms with van der Waals surface area (Å²) < 4.78 is 0. The maximum Gasteiger partial charge on any atom is 0.112 e. The van der Waals surface area contributed by atoms with E-state index in [0.29, 0.717) is 17.9 Å². The van der Waals surface area contributed by atoms with Crippen LogP contribution in [-0.4, -0.2) is 36.2 Å². The maximum atomic E-state index is 8.54. The van der Waals surface area contributed by atoms with Gasteiger partial charge < -0.3 is 10.4 Å². The fourth-order valence-corrected chi connectivity index (χ4v) is 1.64. The Morgan fingerprint density at radius 2 is 2.43 bits per heavy atom. The molecule has 0 saturated heterocycles. The van der Waals surface area contributed by atoms with E-state index < -0.39 is 0 Å².